The highest BCUT2D eigenvalue weighted by molar-refractivity contribution is 7.99. The molecule has 0 saturated carbocycles. The highest BCUT2D eigenvalue weighted by Crippen LogP contribution is 2.40. The summed E-state index contributed by atoms with van der Waals surface area (Å²) in [7, 11) is -4.65. The van der Waals surface area contributed by atoms with Gasteiger partial charge >= 0.3 is 7.82 Å². The van der Waals surface area contributed by atoms with E-state index in [4.69, 9.17) is 31.9 Å². The van der Waals surface area contributed by atoms with E-state index in [9.17, 15) is 4.57 Å². The van der Waals surface area contributed by atoms with Crippen molar-refractivity contribution in [1.82, 2.24) is 10.2 Å². The van der Waals surface area contributed by atoms with E-state index in [0.29, 0.717) is 27.2 Å². The van der Waals surface area contributed by atoms with Crippen LogP contribution in [-0.2, 0) is 21.2 Å². The topological polar surface area (TPSA) is 128 Å². The molecule has 36 heavy (non-hydrogen) atoms. The van der Waals surface area contributed by atoms with Gasteiger partial charge in [0.2, 0.25) is 0 Å². The molecular formula is C24H23ClN3O5PS2. The molecule has 0 aliphatic carbocycles. The van der Waals surface area contributed by atoms with Gasteiger partial charge in [0.05, 0.1) is 17.2 Å². The van der Waals surface area contributed by atoms with Crippen LogP contribution >= 0.6 is 42.5 Å². The first kappa shape index (κ1) is 26.8. The summed E-state index contributed by atoms with van der Waals surface area (Å²) < 4.78 is 21.5. The van der Waals surface area contributed by atoms with E-state index in [-0.39, 0.29) is 0 Å². The Morgan fingerprint density at radius 3 is 2.53 bits per heavy atom. The molecule has 0 bridgehead atoms. The SMILES string of the molecule is C[C@](N)(COP(=O)(O)O)c1nnc(-c2ccc(Sc3cccc(OCc4ccccc4)c3)cc2Cl)s1. The molecule has 0 aliphatic heterocycles. The first-order valence-corrected chi connectivity index (χ1v) is 14.2. The number of ether oxygens (including phenoxy) is 1. The van der Waals surface area contributed by atoms with Gasteiger partial charge in [-0.15, -0.1) is 10.2 Å². The highest BCUT2D eigenvalue weighted by Gasteiger charge is 2.30. The number of halogens is 1. The second-order valence-corrected chi connectivity index (χ2v) is 11.9. The Labute approximate surface area is 221 Å². The van der Waals surface area contributed by atoms with Crippen molar-refractivity contribution in [1.29, 1.82) is 0 Å². The molecule has 4 aromatic rings. The van der Waals surface area contributed by atoms with Crippen molar-refractivity contribution in [2.45, 2.75) is 28.9 Å². The molecule has 1 aromatic heterocycles. The van der Waals surface area contributed by atoms with Gasteiger partial charge in [0.25, 0.3) is 0 Å². The molecule has 4 rings (SSSR count). The van der Waals surface area contributed by atoms with Gasteiger partial charge in [-0.05, 0) is 48.9 Å². The summed E-state index contributed by atoms with van der Waals surface area (Å²) in [5.41, 5.74) is 6.69. The van der Waals surface area contributed by atoms with Crippen LogP contribution in [0.5, 0.6) is 5.75 Å². The number of aromatic nitrogens is 2. The molecule has 0 spiro atoms. The van der Waals surface area contributed by atoms with Crippen molar-refractivity contribution in [3.05, 3.63) is 88.4 Å². The Kier molecular flexibility index (Phi) is 8.49. The second kappa shape index (κ2) is 11.4. The molecule has 0 aliphatic rings. The van der Waals surface area contributed by atoms with Crippen LogP contribution in [0, 0.1) is 0 Å². The minimum atomic E-state index is -4.65. The lowest BCUT2D eigenvalue weighted by Gasteiger charge is -2.21. The average Bonchev–Trinajstić information content (AvgIpc) is 3.33. The zero-order valence-electron chi connectivity index (χ0n) is 19.1. The number of hydrogen-bond acceptors (Lipinski definition) is 8. The maximum atomic E-state index is 11.0. The standard InChI is InChI=1S/C24H23ClN3O5PS2/c1-24(26,15-33-34(29,30)31)23-28-27-22(36-23)20-11-10-19(13-21(20)25)35-18-9-5-8-17(12-18)32-14-16-6-3-2-4-7-16/h2-13H,14-15,26H2,1H3,(H2,29,30,31)/t24-/m0/s1. The van der Waals surface area contributed by atoms with Crippen LogP contribution in [0.4, 0.5) is 0 Å². The molecule has 3 aromatic carbocycles. The third-order valence-corrected chi connectivity index (χ3v) is 7.90. The van der Waals surface area contributed by atoms with Gasteiger partial charge in [0.15, 0.2) is 0 Å². The smallest absolute Gasteiger partial charge is 0.469 e. The van der Waals surface area contributed by atoms with E-state index in [1.807, 2.05) is 72.8 Å². The fraction of sp³-hybridized carbons (Fsp3) is 0.167. The fourth-order valence-electron chi connectivity index (χ4n) is 3.08. The molecule has 188 valence electrons. The number of nitrogens with two attached hydrogens (primary N) is 1. The average molecular weight is 564 g/mol. The summed E-state index contributed by atoms with van der Waals surface area (Å²) in [5.74, 6) is 0.778. The highest BCUT2D eigenvalue weighted by atomic mass is 35.5. The first-order chi connectivity index (χ1) is 17.1. The van der Waals surface area contributed by atoms with E-state index in [1.54, 1.807) is 18.7 Å². The van der Waals surface area contributed by atoms with Gasteiger partial charge in [-0.25, -0.2) is 4.57 Å². The number of benzene rings is 3. The number of phosphoric acid groups is 1. The van der Waals surface area contributed by atoms with Crippen LogP contribution in [0.25, 0.3) is 10.6 Å². The number of nitrogens with zero attached hydrogens (tertiary/aromatic N) is 2. The van der Waals surface area contributed by atoms with Crippen molar-refractivity contribution in [2.75, 3.05) is 6.61 Å². The summed E-state index contributed by atoms with van der Waals surface area (Å²) in [6.07, 6.45) is 0. The molecule has 1 atom stereocenters. The zero-order chi connectivity index (χ0) is 25.8. The molecule has 0 saturated heterocycles. The van der Waals surface area contributed by atoms with Gasteiger partial charge in [0, 0.05) is 15.4 Å². The summed E-state index contributed by atoms with van der Waals surface area (Å²) in [5, 5.41) is 9.63. The third kappa shape index (κ3) is 7.38. The minimum absolute atomic E-state index is 0.368. The van der Waals surface area contributed by atoms with Crippen molar-refractivity contribution in [2.24, 2.45) is 5.73 Å². The van der Waals surface area contributed by atoms with Crippen molar-refractivity contribution >= 4 is 42.5 Å². The normalized spacial score (nSPS) is 13.4. The first-order valence-electron chi connectivity index (χ1n) is 10.7. The third-order valence-electron chi connectivity index (χ3n) is 4.91. The van der Waals surface area contributed by atoms with Gasteiger partial charge in [0.1, 0.15) is 22.4 Å². The van der Waals surface area contributed by atoms with E-state index in [0.717, 1.165) is 21.1 Å². The lowest BCUT2D eigenvalue weighted by Crippen LogP contribution is -2.37. The summed E-state index contributed by atoms with van der Waals surface area (Å²) >= 11 is 9.30. The molecule has 0 fully saturated rings. The maximum Gasteiger partial charge on any atom is 0.469 e. The molecule has 0 amide bonds. The minimum Gasteiger partial charge on any atom is -0.489 e. The predicted molar refractivity (Wildman–Crippen MR) is 141 cm³/mol. The van der Waals surface area contributed by atoms with E-state index in [1.165, 1.54) is 11.3 Å². The van der Waals surface area contributed by atoms with Crippen LogP contribution < -0.4 is 10.5 Å². The van der Waals surface area contributed by atoms with Crippen LogP contribution in [0.2, 0.25) is 5.02 Å². The fourth-order valence-corrected chi connectivity index (χ4v) is 5.74. The Balaban J connectivity index is 1.43. The van der Waals surface area contributed by atoms with Crippen molar-refractivity contribution < 1.29 is 23.6 Å². The molecule has 0 unspecified atom stereocenters. The lowest BCUT2D eigenvalue weighted by atomic mass is 10.1. The molecule has 1 heterocycles. The monoisotopic (exact) mass is 563 g/mol. The lowest BCUT2D eigenvalue weighted by molar-refractivity contribution is 0.158. The zero-order valence-corrected chi connectivity index (χ0v) is 22.4. The number of hydrogen-bond donors (Lipinski definition) is 3. The quantitative estimate of drug-likeness (QED) is 0.203. The Morgan fingerprint density at radius 2 is 1.81 bits per heavy atom. The molecule has 12 heteroatoms. The Morgan fingerprint density at radius 1 is 1.06 bits per heavy atom. The summed E-state index contributed by atoms with van der Waals surface area (Å²) in [6.45, 7) is 1.64. The van der Waals surface area contributed by atoms with E-state index < -0.39 is 20.0 Å². The number of phosphoric ester groups is 1. The number of rotatable bonds is 10. The largest absolute Gasteiger partial charge is 0.489 e. The summed E-state index contributed by atoms with van der Waals surface area (Å²) in [6, 6.07) is 23.5. The van der Waals surface area contributed by atoms with E-state index >= 15 is 0 Å². The second-order valence-electron chi connectivity index (χ2n) is 8.09. The van der Waals surface area contributed by atoms with Crippen LogP contribution in [-0.4, -0.2) is 26.6 Å². The van der Waals surface area contributed by atoms with E-state index in [2.05, 4.69) is 14.7 Å². The van der Waals surface area contributed by atoms with Crippen molar-refractivity contribution in [3.8, 4) is 16.3 Å². The molecule has 8 nitrogen and oxygen atoms in total. The Bertz CT molecular complexity index is 1380. The molecule has 0 radical (unpaired) electrons. The summed E-state index contributed by atoms with van der Waals surface area (Å²) in [4.78, 5) is 19.8. The van der Waals surface area contributed by atoms with Crippen molar-refractivity contribution in [3.63, 3.8) is 0 Å². The van der Waals surface area contributed by atoms with Gasteiger partial charge in [-0.3, -0.25) is 4.52 Å². The van der Waals surface area contributed by atoms with Crippen LogP contribution in [0.3, 0.4) is 0 Å². The van der Waals surface area contributed by atoms with Crippen LogP contribution in [0.1, 0.15) is 17.5 Å². The Hall–Kier alpha value is -2.27. The van der Waals surface area contributed by atoms with Crippen LogP contribution in [0.15, 0.2) is 82.6 Å². The van der Waals surface area contributed by atoms with Gasteiger partial charge < -0.3 is 20.3 Å². The van der Waals surface area contributed by atoms with Gasteiger partial charge in [-0.1, -0.05) is 71.1 Å². The predicted octanol–water partition coefficient (Wildman–Crippen LogP) is 5.87. The maximum absolute atomic E-state index is 11.0. The molecular weight excluding hydrogens is 541 g/mol. The molecule has 4 N–H and O–H groups in total. The van der Waals surface area contributed by atoms with Gasteiger partial charge in [-0.2, -0.15) is 0 Å².